The van der Waals surface area contributed by atoms with Crippen molar-refractivity contribution >= 4 is 17.8 Å². The zero-order valence-electron chi connectivity index (χ0n) is 28.9. The third kappa shape index (κ3) is 11.3. The zero-order valence-corrected chi connectivity index (χ0v) is 28.9. The summed E-state index contributed by atoms with van der Waals surface area (Å²) in [5, 5.41) is 5.88. The fraction of sp³-hybridized carbons (Fsp3) is 0.857. The van der Waals surface area contributed by atoms with Crippen LogP contribution in [0.15, 0.2) is 11.6 Å². The molecule has 2 heterocycles. The van der Waals surface area contributed by atoms with E-state index in [9.17, 15) is 14.4 Å². The predicted octanol–water partition coefficient (Wildman–Crippen LogP) is 5.51. The van der Waals surface area contributed by atoms with Gasteiger partial charge < -0.3 is 34.3 Å². The number of Topliss-reactive ketones (excluding diaryl/α,β-unsaturated/α-hetero) is 1. The lowest BCUT2D eigenvalue weighted by Gasteiger charge is -2.42. The molecule has 3 aliphatic rings. The van der Waals surface area contributed by atoms with Gasteiger partial charge in [-0.2, -0.15) is 0 Å². The Morgan fingerprint density at radius 1 is 1.09 bits per heavy atom. The topological polar surface area (TPSA) is 128 Å². The molecule has 2 N–H and O–H groups in total. The first-order valence-electron chi connectivity index (χ1n) is 17.3. The molecule has 0 aromatic carbocycles. The Hall–Kier alpha value is -2.01. The van der Waals surface area contributed by atoms with Crippen molar-refractivity contribution < 1.29 is 38.1 Å². The van der Waals surface area contributed by atoms with Gasteiger partial charge in [0.05, 0.1) is 38.2 Å². The van der Waals surface area contributed by atoms with Crippen LogP contribution < -0.4 is 10.6 Å². The van der Waals surface area contributed by atoms with E-state index in [1.807, 2.05) is 20.8 Å². The lowest BCUT2D eigenvalue weighted by Crippen LogP contribution is -2.55. The van der Waals surface area contributed by atoms with Crippen molar-refractivity contribution in [2.24, 2.45) is 17.8 Å². The Balaban J connectivity index is 1.38. The second-order valence-electron chi connectivity index (χ2n) is 14.0. The van der Waals surface area contributed by atoms with Crippen molar-refractivity contribution in [2.75, 3.05) is 40.0 Å². The first-order valence-corrected chi connectivity index (χ1v) is 17.3. The minimum absolute atomic E-state index is 0.0256. The summed E-state index contributed by atoms with van der Waals surface area (Å²) in [5.41, 5.74) is 0.603. The molecule has 7 atom stereocenters. The first kappa shape index (κ1) is 37.4. The van der Waals surface area contributed by atoms with E-state index in [1.165, 1.54) is 5.57 Å². The Morgan fingerprint density at radius 2 is 1.80 bits per heavy atom. The monoisotopic (exact) mass is 636 g/mol. The highest BCUT2D eigenvalue weighted by Gasteiger charge is 2.72. The predicted molar refractivity (Wildman–Crippen MR) is 173 cm³/mol. The number of unbranched alkanes of at least 4 members (excludes halogenated alkanes) is 4. The lowest BCUT2D eigenvalue weighted by atomic mass is 9.68. The van der Waals surface area contributed by atoms with Crippen LogP contribution in [-0.4, -0.2) is 87.3 Å². The zero-order chi connectivity index (χ0) is 33.0. The summed E-state index contributed by atoms with van der Waals surface area (Å²) in [5.74, 6) is -0.0933. The molecule has 0 radical (unpaired) electrons. The summed E-state index contributed by atoms with van der Waals surface area (Å²) in [7, 11) is 1.68. The maximum Gasteiger partial charge on any atom is 0.407 e. The number of carbonyl (C=O) groups is 3. The molecular formula is C35H60N2O8. The summed E-state index contributed by atoms with van der Waals surface area (Å²) < 4.78 is 29.9. The number of epoxide rings is 2. The highest BCUT2D eigenvalue weighted by atomic mass is 16.6. The third-order valence-corrected chi connectivity index (χ3v) is 9.79. The fourth-order valence-electron chi connectivity index (χ4n) is 6.74. The molecular weight excluding hydrogens is 576 g/mol. The van der Waals surface area contributed by atoms with Crippen molar-refractivity contribution in [1.29, 1.82) is 0 Å². The standard InChI is InChI=1S/C35H60N2O8/c1-8-36-21-27(38)14-12-10-9-11-13-19-37-33(40)42-22-26(25(4)5)20-30(39)44-28-17-18-35(23-43-35)32(31(28)41-7)34(6)29(45-34)16-15-24(2)3/h15,25-26,28-29,31-32,36H,8-14,16-23H2,1-7H3,(H,37,40)/t26-,28?,29+,31?,32?,34+,35-/m0/s1. The van der Waals surface area contributed by atoms with Gasteiger partial charge in [-0.1, -0.05) is 51.7 Å². The maximum atomic E-state index is 13.2. The summed E-state index contributed by atoms with van der Waals surface area (Å²) in [4.78, 5) is 37.2. The van der Waals surface area contributed by atoms with Crippen LogP contribution in [-0.2, 0) is 33.3 Å². The SMILES string of the molecule is CCNCC(=O)CCCCCCCNC(=O)OC[C@H](CC(=O)OC1CC[C@]2(CO2)C([C@]2(C)O[C@@H]2CC=C(C)C)C1OC)C(C)C. The molecule has 2 aliphatic heterocycles. The summed E-state index contributed by atoms with van der Waals surface area (Å²) in [6, 6.07) is 0. The van der Waals surface area contributed by atoms with Crippen LogP contribution in [0.3, 0.4) is 0 Å². The van der Waals surface area contributed by atoms with Crippen molar-refractivity contribution in [1.82, 2.24) is 10.6 Å². The molecule has 10 heteroatoms. The Bertz CT molecular complexity index is 992. The number of ketones is 1. The van der Waals surface area contributed by atoms with Gasteiger partial charge in [0.1, 0.15) is 29.2 Å². The Kier molecular flexibility index (Phi) is 14.8. The van der Waals surface area contributed by atoms with Gasteiger partial charge in [0.25, 0.3) is 0 Å². The highest BCUT2D eigenvalue weighted by molar-refractivity contribution is 5.80. The molecule has 0 bridgehead atoms. The van der Waals surface area contributed by atoms with Crippen LogP contribution >= 0.6 is 0 Å². The molecule has 1 aliphatic carbocycles. The van der Waals surface area contributed by atoms with Gasteiger partial charge in [0.15, 0.2) is 0 Å². The molecule has 3 fully saturated rings. The minimum Gasteiger partial charge on any atom is -0.460 e. The van der Waals surface area contributed by atoms with Crippen molar-refractivity contribution in [3.8, 4) is 0 Å². The average molecular weight is 637 g/mol. The van der Waals surface area contributed by atoms with Gasteiger partial charge in [-0.15, -0.1) is 0 Å². The lowest BCUT2D eigenvalue weighted by molar-refractivity contribution is -0.173. The number of carbonyl (C=O) groups excluding carboxylic acids is 3. The molecule has 1 spiro atoms. The van der Waals surface area contributed by atoms with E-state index >= 15 is 0 Å². The number of rotatable bonds is 21. The van der Waals surface area contributed by atoms with Crippen molar-refractivity contribution in [3.05, 3.63) is 11.6 Å². The van der Waals surface area contributed by atoms with Gasteiger partial charge in [0, 0.05) is 26.0 Å². The number of likely N-dealkylation sites (N-methyl/N-ethyl adjacent to an activating group) is 1. The van der Waals surface area contributed by atoms with Crippen LogP contribution in [0.5, 0.6) is 0 Å². The van der Waals surface area contributed by atoms with Crippen molar-refractivity contribution in [3.63, 3.8) is 0 Å². The van der Waals surface area contributed by atoms with Gasteiger partial charge in [0.2, 0.25) is 0 Å². The molecule has 2 saturated heterocycles. The normalized spacial score (nSPS) is 29.2. The van der Waals surface area contributed by atoms with E-state index in [2.05, 4.69) is 37.5 Å². The van der Waals surface area contributed by atoms with E-state index in [-0.39, 0.29) is 72.0 Å². The van der Waals surface area contributed by atoms with Gasteiger partial charge in [-0.3, -0.25) is 9.59 Å². The molecule has 258 valence electrons. The number of methoxy groups -OCH3 is 1. The largest absolute Gasteiger partial charge is 0.460 e. The number of hydrogen-bond acceptors (Lipinski definition) is 9. The van der Waals surface area contributed by atoms with E-state index in [4.69, 9.17) is 23.7 Å². The molecule has 3 unspecified atom stereocenters. The molecule has 0 aromatic rings. The van der Waals surface area contributed by atoms with Crippen LogP contribution in [0.2, 0.25) is 0 Å². The second kappa shape index (κ2) is 17.8. The van der Waals surface area contributed by atoms with E-state index in [0.29, 0.717) is 32.5 Å². The Morgan fingerprint density at radius 3 is 2.44 bits per heavy atom. The van der Waals surface area contributed by atoms with Crippen molar-refractivity contribution in [2.45, 2.75) is 135 Å². The van der Waals surface area contributed by atoms with Crippen LogP contribution in [0.25, 0.3) is 0 Å². The van der Waals surface area contributed by atoms with E-state index in [0.717, 1.165) is 51.5 Å². The first-order chi connectivity index (χ1) is 21.5. The van der Waals surface area contributed by atoms with Gasteiger partial charge >= 0.3 is 12.1 Å². The number of alkyl carbamates (subject to hydrolysis) is 1. The average Bonchev–Trinajstić information content (AvgIpc) is 3.91. The van der Waals surface area contributed by atoms with Crippen LogP contribution in [0.4, 0.5) is 4.79 Å². The molecule has 1 amide bonds. The van der Waals surface area contributed by atoms with E-state index < -0.39 is 6.09 Å². The van der Waals surface area contributed by atoms with E-state index in [1.54, 1.807) is 7.11 Å². The summed E-state index contributed by atoms with van der Waals surface area (Å²) in [6.07, 6.45) is 9.03. The number of nitrogens with one attached hydrogen (secondary N) is 2. The molecule has 0 aromatic heterocycles. The van der Waals surface area contributed by atoms with Crippen LogP contribution in [0.1, 0.15) is 106 Å². The number of hydrogen-bond donors (Lipinski definition) is 2. The second-order valence-corrected chi connectivity index (χ2v) is 14.0. The number of esters is 1. The Labute approximate surface area is 271 Å². The van der Waals surface area contributed by atoms with Gasteiger partial charge in [-0.05, 0) is 65.3 Å². The molecule has 1 saturated carbocycles. The number of amides is 1. The van der Waals surface area contributed by atoms with Gasteiger partial charge in [-0.25, -0.2) is 4.79 Å². The number of ether oxygens (including phenoxy) is 5. The minimum atomic E-state index is -0.465. The summed E-state index contributed by atoms with van der Waals surface area (Å²) in [6.45, 7) is 15.0. The molecule has 3 rings (SSSR count). The van der Waals surface area contributed by atoms with Crippen LogP contribution in [0, 0.1) is 17.8 Å². The third-order valence-electron chi connectivity index (χ3n) is 9.79. The summed E-state index contributed by atoms with van der Waals surface area (Å²) >= 11 is 0. The fourth-order valence-corrected chi connectivity index (χ4v) is 6.74. The smallest absolute Gasteiger partial charge is 0.407 e. The quantitative estimate of drug-likeness (QED) is 0.0725. The molecule has 45 heavy (non-hydrogen) atoms. The molecule has 10 nitrogen and oxygen atoms in total. The number of allylic oxidation sites excluding steroid dienone is 1. The highest BCUT2D eigenvalue weighted by Crippen LogP contribution is 2.59. The maximum absolute atomic E-state index is 13.2.